The van der Waals surface area contributed by atoms with E-state index in [1.54, 1.807) is 0 Å². The minimum Gasteiger partial charge on any atom is -0.318 e. The summed E-state index contributed by atoms with van der Waals surface area (Å²) in [5, 5.41) is 5.23. The number of piperazine rings is 1. The molecular formula is C17H17N4O+. The number of aromatic amines is 2. The second kappa shape index (κ2) is 4.30. The number of hydrogen-bond acceptors (Lipinski definition) is 3. The van der Waals surface area contributed by atoms with Crippen molar-refractivity contribution in [3.05, 3.63) is 46.8 Å². The van der Waals surface area contributed by atoms with Crippen LogP contribution in [0.4, 0.5) is 5.82 Å². The Morgan fingerprint density at radius 2 is 2.00 bits per heavy atom. The third-order valence-electron chi connectivity index (χ3n) is 4.99. The molecule has 2 fully saturated rings. The lowest BCUT2D eigenvalue weighted by atomic mass is 10.1. The molecule has 3 aromatic rings. The van der Waals surface area contributed by atoms with Crippen molar-refractivity contribution in [2.75, 3.05) is 18.0 Å². The molecule has 2 bridgehead atoms. The van der Waals surface area contributed by atoms with E-state index in [0.29, 0.717) is 12.1 Å². The van der Waals surface area contributed by atoms with Gasteiger partial charge < -0.3 is 10.3 Å². The van der Waals surface area contributed by atoms with Gasteiger partial charge in [0, 0.05) is 30.5 Å². The Morgan fingerprint density at radius 3 is 2.77 bits per heavy atom. The lowest BCUT2D eigenvalue weighted by molar-refractivity contribution is -0.329. The second-order valence-corrected chi connectivity index (χ2v) is 6.28. The van der Waals surface area contributed by atoms with Crippen molar-refractivity contribution in [1.82, 2.24) is 10.3 Å². The minimum atomic E-state index is -0.0336. The molecule has 0 radical (unpaired) electrons. The molecule has 110 valence electrons. The van der Waals surface area contributed by atoms with Crippen LogP contribution < -0.4 is 20.8 Å². The van der Waals surface area contributed by atoms with Crippen LogP contribution in [0.25, 0.3) is 21.8 Å². The molecule has 4 heterocycles. The van der Waals surface area contributed by atoms with Crippen LogP contribution in [0.3, 0.4) is 0 Å². The van der Waals surface area contributed by atoms with Gasteiger partial charge in [0.05, 0.1) is 10.9 Å². The van der Waals surface area contributed by atoms with E-state index < -0.39 is 0 Å². The fourth-order valence-electron chi connectivity index (χ4n) is 3.91. The summed E-state index contributed by atoms with van der Waals surface area (Å²) in [6.07, 6.45) is 1.22. The van der Waals surface area contributed by atoms with Crippen molar-refractivity contribution in [3.8, 4) is 0 Å². The van der Waals surface area contributed by atoms with E-state index in [9.17, 15) is 4.79 Å². The molecule has 5 rings (SSSR count). The van der Waals surface area contributed by atoms with Crippen LogP contribution in [0.2, 0.25) is 0 Å². The highest BCUT2D eigenvalue weighted by Crippen LogP contribution is 2.28. The van der Waals surface area contributed by atoms with E-state index in [4.69, 9.17) is 0 Å². The topological polar surface area (TPSA) is 62.3 Å². The first-order valence-electron chi connectivity index (χ1n) is 7.77. The highest BCUT2D eigenvalue weighted by atomic mass is 16.1. The molecule has 0 unspecified atom stereocenters. The zero-order chi connectivity index (χ0) is 14.7. The van der Waals surface area contributed by atoms with Crippen LogP contribution in [0, 0.1) is 0 Å². The molecule has 2 aromatic heterocycles. The summed E-state index contributed by atoms with van der Waals surface area (Å²) < 4.78 is 0. The Kier molecular flexibility index (Phi) is 2.38. The molecular weight excluding hydrogens is 276 g/mol. The number of H-pyrrole nitrogens is 2. The highest BCUT2D eigenvalue weighted by Gasteiger charge is 2.43. The zero-order valence-electron chi connectivity index (χ0n) is 12.1. The van der Waals surface area contributed by atoms with Crippen molar-refractivity contribution in [2.45, 2.75) is 18.5 Å². The summed E-state index contributed by atoms with van der Waals surface area (Å²) >= 11 is 0. The minimum absolute atomic E-state index is 0.0336. The van der Waals surface area contributed by atoms with Crippen molar-refractivity contribution in [1.29, 1.82) is 0 Å². The van der Waals surface area contributed by atoms with Crippen LogP contribution in [0.15, 0.2) is 41.2 Å². The molecule has 22 heavy (non-hydrogen) atoms. The van der Waals surface area contributed by atoms with Gasteiger partial charge in [0.2, 0.25) is 0 Å². The molecule has 2 aliphatic rings. The average Bonchev–Trinajstić information content (AvgIpc) is 3.18. The quantitative estimate of drug-likeness (QED) is 0.659. The van der Waals surface area contributed by atoms with Crippen LogP contribution in [0.1, 0.15) is 6.42 Å². The molecule has 1 aromatic carbocycles. The van der Waals surface area contributed by atoms with Crippen molar-refractivity contribution in [2.24, 2.45) is 0 Å². The van der Waals surface area contributed by atoms with Gasteiger partial charge in [-0.1, -0.05) is 12.1 Å². The maximum absolute atomic E-state index is 12.1. The van der Waals surface area contributed by atoms with E-state index in [2.05, 4.69) is 26.3 Å². The van der Waals surface area contributed by atoms with Gasteiger partial charge in [0.1, 0.15) is 12.6 Å². The van der Waals surface area contributed by atoms with Crippen LogP contribution >= 0.6 is 0 Å². The molecule has 0 amide bonds. The Bertz CT molecular complexity index is 948. The maximum atomic E-state index is 12.1. The van der Waals surface area contributed by atoms with Crippen molar-refractivity contribution in [3.63, 3.8) is 0 Å². The Morgan fingerprint density at radius 1 is 1.14 bits per heavy atom. The number of hydrogen-bond donors (Lipinski definition) is 2. The molecule has 0 saturated carbocycles. The maximum Gasteiger partial charge on any atom is 0.275 e. The number of aromatic nitrogens is 2. The first-order chi connectivity index (χ1) is 10.8. The van der Waals surface area contributed by atoms with Gasteiger partial charge in [-0.05, 0) is 18.2 Å². The summed E-state index contributed by atoms with van der Waals surface area (Å²) in [7, 11) is 0. The van der Waals surface area contributed by atoms with Gasteiger partial charge in [-0.25, -0.2) is 4.98 Å². The molecule has 5 nitrogen and oxygen atoms in total. The average molecular weight is 293 g/mol. The van der Waals surface area contributed by atoms with E-state index in [0.717, 1.165) is 40.7 Å². The van der Waals surface area contributed by atoms with Crippen LogP contribution in [-0.2, 0) is 0 Å². The zero-order valence-corrected chi connectivity index (χ0v) is 12.1. The molecule has 2 aliphatic heterocycles. The van der Waals surface area contributed by atoms with Gasteiger partial charge in [-0.15, -0.1) is 0 Å². The largest absolute Gasteiger partial charge is 0.318 e. The Balaban J connectivity index is 1.74. The number of pyridine rings is 2. The fourth-order valence-corrected chi connectivity index (χ4v) is 3.91. The van der Waals surface area contributed by atoms with E-state index in [1.807, 2.05) is 30.3 Å². The van der Waals surface area contributed by atoms with Crippen molar-refractivity contribution < 1.29 is 4.98 Å². The normalized spacial score (nSPS) is 23.7. The predicted octanol–water partition coefficient (Wildman–Crippen LogP) is 1.05. The SMILES string of the molecule is O=c1[nH]c2ccc(N3C[C@@H]4C[C@H]3CN4)[nH+]c2c2ccccc12. The number of anilines is 1. The third kappa shape index (κ3) is 1.63. The molecule has 0 spiro atoms. The molecule has 5 heteroatoms. The van der Waals surface area contributed by atoms with Gasteiger partial charge in [0.15, 0.2) is 5.52 Å². The predicted molar refractivity (Wildman–Crippen MR) is 86.2 cm³/mol. The van der Waals surface area contributed by atoms with Crippen LogP contribution in [0.5, 0.6) is 0 Å². The monoisotopic (exact) mass is 293 g/mol. The first-order valence-corrected chi connectivity index (χ1v) is 7.77. The molecule has 3 N–H and O–H groups in total. The van der Waals surface area contributed by atoms with E-state index in [1.165, 1.54) is 6.42 Å². The highest BCUT2D eigenvalue weighted by molar-refractivity contribution is 6.01. The standard InChI is InChI=1S/C17H16N4O/c22-17-13-4-2-1-3-12(13)16-14(19-17)5-6-15(20-16)21-9-10-7-11(21)8-18-10/h1-6,10-11,18H,7-9H2,(H,19,22)/p+1/t10-,11-/m0/s1. The third-order valence-corrected chi connectivity index (χ3v) is 4.99. The Hall–Kier alpha value is -2.40. The summed E-state index contributed by atoms with van der Waals surface area (Å²) in [4.78, 5) is 21.1. The number of fused-ring (bicyclic) bond motifs is 5. The van der Waals surface area contributed by atoms with E-state index in [-0.39, 0.29) is 5.56 Å². The Labute approximate surface area is 127 Å². The number of nitrogens with one attached hydrogen (secondary N) is 3. The van der Waals surface area contributed by atoms with Crippen molar-refractivity contribution >= 4 is 27.6 Å². The number of benzene rings is 1. The fraction of sp³-hybridized carbons (Fsp3) is 0.294. The van der Waals surface area contributed by atoms with Crippen LogP contribution in [-0.4, -0.2) is 30.2 Å². The lowest BCUT2D eigenvalue weighted by Crippen LogP contribution is -2.45. The molecule has 2 atom stereocenters. The molecule has 2 saturated heterocycles. The first kappa shape index (κ1) is 12.2. The molecule has 0 aliphatic carbocycles. The summed E-state index contributed by atoms with van der Waals surface area (Å²) in [5.74, 6) is 1.14. The number of rotatable bonds is 1. The smallest absolute Gasteiger partial charge is 0.275 e. The van der Waals surface area contributed by atoms with Gasteiger partial charge in [-0.2, -0.15) is 0 Å². The second-order valence-electron chi connectivity index (χ2n) is 6.28. The van der Waals surface area contributed by atoms with Gasteiger partial charge in [0.25, 0.3) is 11.4 Å². The summed E-state index contributed by atoms with van der Waals surface area (Å²) in [6, 6.07) is 13.0. The van der Waals surface area contributed by atoms with E-state index >= 15 is 0 Å². The lowest BCUT2D eigenvalue weighted by Gasteiger charge is -2.21. The van der Waals surface area contributed by atoms with Gasteiger partial charge in [-0.3, -0.25) is 9.69 Å². The summed E-state index contributed by atoms with van der Waals surface area (Å²) in [6.45, 7) is 2.11. The number of nitrogens with zero attached hydrogens (tertiary/aromatic N) is 1. The van der Waals surface area contributed by atoms with Gasteiger partial charge >= 0.3 is 0 Å². The summed E-state index contributed by atoms with van der Waals surface area (Å²) in [5.41, 5.74) is 1.83.